The molecule has 1 unspecified atom stereocenters. The van der Waals surface area contributed by atoms with E-state index in [4.69, 9.17) is 23.7 Å². The average Bonchev–Trinajstić information content (AvgIpc) is 2.22. The van der Waals surface area contributed by atoms with Crippen molar-refractivity contribution < 1.29 is 23.0 Å². The summed E-state index contributed by atoms with van der Waals surface area (Å²) in [7, 11) is 0. The van der Waals surface area contributed by atoms with Crippen molar-refractivity contribution in [3.8, 4) is 0 Å². The van der Waals surface area contributed by atoms with Gasteiger partial charge in [0.1, 0.15) is 23.7 Å². The Morgan fingerprint density at radius 3 is 2.43 bits per heavy atom. The van der Waals surface area contributed by atoms with Gasteiger partial charge >= 0.3 is 11.9 Å². The molecule has 0 amide bonds. The molecule has 0 aliphatic carbocycles. The quantitative estimate of drug-likeness (QED) is 0.527. The molecular weight excluding hydrogens is 237 g/mol. The monoisotopic (exact) mass is 241 g/mol. The lowest BCUT2D eigenvalue weighted by molar-refractivity contribution is -0.136. The van der Waals surface area contributed by atoms with Crippen LogP contribution in [-0.2, 0) is 23.0 Å². The summed E-state index contributed by atoms with van der Waals surface area (Å²) in [5.41, 5.74) is 0. The number of rotatable bonds is 5. The summed E-state index contributed by atoms with van der Waals surface area (Å²) in [6, 6.07) is -1.17. The Balaban J connectivity index is 4.17. The van der Waals surface area contributed by atoms with E-state index in [9.17, 15) is 14.4 Å². The lowest BCUT2D eigenvalue weighted by Crippen LogP contribution is -2.19. The molecular formula is C6H5Cl2NO5. The normalized spacial score (nSPS) is 11.0. The van der Waals surface area contributed by atoms with Crippen LogP contribution in [0.15, 0.2) is 4.99 Å². The first-order valence-electron chi connectivity index (χ1n) is 3.36. The van der Waals surface area contributed by atoms with E-state index < -0.39 is 18.0 Å². The summed E-state index contributed by atoms with van der Waals surface area (Å²) in [6.07, 6.45) is 0.875. The fourth-order valence-electron chi connectivity index (χ4n) is 0.643. The molecule has 14 heavy (non-hydrogen) atoms. The lowest BCUT2D eigenvalue weighted by Gasteiger charge is -2.03. The third kappa shape index (κ3) is 4.81. The highest BCUT2D eigenvalue weighted by molar-refractivity contribution is 6.14. The fourth-order valence-corrected chi connectivity index (χ4v) is 0.823. The van der Waals surface area contributed by atoms with Crippen LogP contribution in [0, 0.1) is 0 Å². The van der Waals surface area contributed by atoms with E-state index in [1.54, 1.807) is 0 Å². The van der Waals surface area contributed by atoms with Gasteiger partial charge in [-0.3, -0.25) is 4.79 Å². The van der Waals surface area contributed by atoms with Gasteiger partial charge in [0.2, 0.25) is 6.08 Å². The Morgan fingerprint density at radius 1 is 1.36 bits per heavy atom. The van der Waals surface area contributed by atoms with Crippen LogP contribution in [0.1, 0.15) is 12.8 Å². The first-order chi connectivity index (χ1) is 6.65. The van der Waals surface area contributed by atoms with Gasteiger partial charge in [-0.1, -0.05) is 0 Å². The van der Waals surface area contributed by atoms with Crippen LogP contribution in [0.2, 0.25) is 0 Å². The number of hydrogen-bond acceptors (Lipinski definition) is 6. The van der Waals surface area contributed by atoms with Crippen molar-refractivity contribution in [1.82, 2.24) is 0 Å². The first-order valence-corrected chi connectivity index (χ1v) is 3.98. The highest BCUT2D eigenvalue weighted by atomic mass is 35.5. The highest BCUT2D eigenvalue weighted by Crippen LogP contribution is 2.06. The second kappa shape index (κ2) is 7.32. The van der Waals surface area contributed by atoms with E-state index in [1.165, 1.54) is 0 Å². The van der Waals surface area contributed by atoms with Gasteiger partial charge in [-0.25, -0.2) is 9.59 Å². The zero-order chi connectivity index (χ0) is 11.0. The summed E-state index contributed by atoms with van der Waals surface area (Å²) in [5, 5.41) is 0. The third-order valence-corrected chi connectivity index (χ3v) is 1.59. The predicted octanol–water partition coefficient (Wildman–Crippen LogP) is 0.865. The number of nitrogens with zero attached hydrogens (tertiary/aromatic N) is 1. The second-order valence-corrected chi connectivity index (χ2v) is 2.43. The predicted molar refractivity (Wildman–Crippen MR) is 45.0 cm³/mol. The third-order valence-electron chi connectivity index (χ3n) is 1.26. The van der Waals surface area contributed by atoms with Crippen molar-refractivity contribution in [2.24, 2.45) is 4.99 Å². The molecule has 8 heteroatoms. The number of carbonyl (C=O) groups is 2. The maximum Gasteiger partial charge on any atom is 0.350 e. The molecule has 0 aromatic heterocycles. The van der Waals surface area contributed by atoms with Gasteiger partial charge in [-0.2, -0.15) is 4.99 Å². The Labute approximate surface area is 89.1 Å². The zero-order valence-electron chi connectivity index (χ0n) is 6.74. The van der Waals surface area contributed by atoms with Crippen molar-refractivity contribution >= 4 is 41.8 Å². The van der Waals surface area contributed by atoms with E-state index in [0.717, 1.165) is 6.08 Å². The minimum atomic E-state index is -1.17. The molecule has 0 N–H and O–H groups in total. The Bertz CT molecular complexity index is 263. The molecule has 0 aliphatic heterocycles. The molecule has 0 saturated carbocycles. The van der Waals surface area contributed by atoms with Crippen LogP contribution in [-0.4, -0.2) is 24.1 Å². The van der Waals surface area contributed by atoms with Crippen molar-refractivity contribution in [2.75, 3.05) is 0 Å². The van der Waals surface area contributed by atoms with Crippen molar-refractivity contribution in [1.29, 1.82) is 0 Å². The standard InChI is InChI=1S/C6H5Cl2NO5/c7-13-5(11)2-1-4(9-3-10)6(12)14-8/h4H,1-2H2. The molecule has 0 spiro atoms. The minimum absolute atomic E-state index is 0.0909. The smallest absolute Gasteiger partial charge is 0.348 e. The Morgan fingerprint density at radius 2 is 2.00 bits per heavy atom. The molecule has 0 heterocycles. The first kappa shape index (κ1) is 12.9. The Hall–Kier alpha value is -1.10. The van der Waals surface area contributed by atoms with Crippen molar-refractivity contribution in [3.63, 3.8) is 0 Å². The summed E-state index contributed by atoms with van der Waals surface area (Å²) < 4.78 is 7.61. The van der Waals surface area contributed by atoms with Crippen LogP contribution >= 0.6 is 23.7 Å². The molecule has 0 aromatic carbocycles. The van der Waals surface area contributed by atoms with Gasteiger partial charge in [0.15, 0.2) is 6.04 Å². The number of carbonyl (C=O) groups excluding carboxylic acids is 3. The van der Waals surface area contributed by atoms with Gasteiger partial charge in [-0.15, -0.1) is 0 Å². The van der Waals surface area contributed by atoms with E-state index >= 15 is 0 Å². The zero-order valence-corrected chi connectivity index (χ0v) is 8.25. The van der Waals surface area contributed by atoms with Crippen LogP contribution < -0.4 is 0 Å². The molecule has 0 fully saturated rings. The molecule has 6 nitrogen and oxygen atoms in total. The topological polar surface area (TPSA) is 82.0 Å². The molecule has 78 valence electrons. The maximum atomic E-state index is 10.8. The van der Waals surface area contributed by atoms with E-state index in [-0.39, 0.29) is 12.8 Å². The van der Waals surface area contributed by atoms with Gasteiger partial charge in [-0.05, 0) is 6.42 Å². The molecule has 0 radical (unpaired) electrons. The lowest BCUT2D eigenvalue weighted by atomic mass is 10.2. The fraction of sp³-hybridized carbons (Fsp3) is 0.500. The van der Waals surface area contributed by atoms with Crippen LogP contribution in [0.4, 0.5) is 0 Å². The van der Waals surface area contributed by atoms with Crippen LogP contribution in [0.25, 0.3) is 0 Å². The maximum absolute atomic E-state index is 10.8. The number of isocyanates is 1. The number of halogens is 2. The van der Waals surface area contributed by atoms with Crippen molar-refractivity contribution in [2.45, 2.75) is 18.9 Å². The summed E-state index contributed by atoms with van der Waals surface area (Å²) in [5.74, 6) is -1.70. The largest absolute Gasteiger partial charge is 0.350 e. The second-order valence-electron chi connectivity index (χ2n) is 2.12. The van der Waals surface area contributed by atoms with E-state index in [2.05, 4.69) is 13.6 Å². The minimum Gasteiger partial charge on any atom is -0.348 e. The van der Waals surface area contributed by atoms with Gasteiger partial charge in [0, 0.05) is 6.42 Å². The Kier molecular flexibility index (Phi) is 6.74. The molecule has 0 rings (SSSR count). The van der Waals surface area contributed by atoms with Crippen molar-refractivity contribution in [3.05, 3.63) is 0 Å². The average molecular weight is 242 g/mol. The van der Waals surface area contributed by atoms with Gasteiger partial charge < -0.3 is 8.58 Å². The molecule has 0 aromatic rings. The summed E-state index contributed by atoms with van der Waals surface area (Å²) in [6.45, 7) is 0. The molecule has 0 aliphatic rings. The highest BCUT2D eigenvalue weighted by Gasteiger charge is 2.20. The summed E-state index contributed by atoms with van der Waals surface area (Å²) >= 11 is 9.48. The molecule has 0 bridgehead atoms. The van der Waals surface area contributed by atoms with Gasteiger partial charge in [0.05, 0.1) is 0 Å². The number of hydrogen-bond donors (Lipinski definition) is 0. The molecule has 1 atom stereocenters. The van der Waals surface area contributed by atoms with Gasteiger partial charge in [0.25, 0.3) is 0 Å². The molecule has 0 saturated heterocycles. The number of aliphatic imine (C=N–C) groups is 1. The van der Waals surface area contributed by atoms with Crippen LogP contribution in [0.3, 0.4) is 0 Å². The van der Waals surface area contributed by atoms with Crippen LogP contribution in [0.5, 0.6) is 0 Å². The summed E-state index contributed by atoms with van der Waals surface area (Å²) in [4.78, 5) is 34.3. The SMILES string of the molecule is O=C=NC(CCC(=O)OCl)C(=O)OCl. The van der Waals surface area contributed by atoms with E-state index in [1.807, 2.05) is 0 Å². The van der Waals surface area contributed by atoms with E-state index in [0.29, 0.717) is 0 Å².